The maximum atomic E-state index is 12.8. The predicted molar refractivity (Wildman–Crippen MR) is 145 cm³/mol. The van der Waals surface area contributed by atoms with Crippen LogP contribution < -0.4 is 10.7 Å². The lowest BCUT2D eigenvalue weighted by Gasteiger charge is -2.56. The summed E-state index contributed by atoms with van der Waals surface area (Å²) in [5.41, 5.74) is 7.31. The SMILES string of the molecule is C/C(=N\NC(=O)CC12CC3CC(CC(C3)C1)C2)c1ccc(NC(=O)c2ccc(C(C)(C)C)cc2)cc1. The summed E-state index contributed by atoms with van der Waals surface area (Å²) in [6.45, 7) is 8.37. The van der Waals surface area contributed by atoms with E-state index in [2.05, 4.69) is 36.6 Å². The van der Waals surface area contributed by atoms with Gasteiger partial charge >= 0.3 is 0 Å². The standard InChI is InChI=1S/C31H39N3O2/c1-20(33-34-28(35)19-31-16-21-13-22(17-31)15-23(14-21)18-31)24-7-11-27(12-8-24)32-29(36)25-5-9-26(10-6-25)30(2,3)4/h5-12,21-23H,13-19H2,1-4H3,(H,32,36)(H,34,35)/b33-20+. The van der Waals surface area contributed by atoms with Gasteiger partial charge in [0.05, 0.1) is 5.71 Å². The second-order valence-electron chi connectivity index (χ2n) is 12.7. The fourth-order valence-corrected chi connectivity index (χ4v) is 7.22. The van der Waals surface area contributed by atoms with E-state index in [9.17, 15) is 9.59 Å². The number of benzene rings is 2. The van der Waals surface area contributed by atoms with Crippen LogP contribution in [0.2, 0.25) is 0 Å². The van der Waals surface area contributed by atoms with E-state index >= 15 is 0 Å². The van der Waals surface area contributed by atoms with Crippen molar-refractivity contribution in [2.24, 2.45) is 28.3 Å². The highest BCUT2D eigenvalue weighted by Crippen LogP contribution is 2.61. The molecule has 0 radical (unpaired) electrons. The van der Waals surface area contributed by atoms with Crippen molar-refractivity contribution >= 4 is 23.2 Å². The Kier molecular flexibility index (Phi) is 6.52. The summed E-state index contributed by atoms with van der Waals surface area (Å²) in [6, 6.07) is 15.3. The van der Waals surface area contributed by atoms with Crippen molar-refractivity contribution in [2.45, 2.75) is 78.1 Å². The van der Waals surface area contributed by atoms with E-state index in [0.29, 0.717) is 12.0 Å². The Labute approximate surface area is 215 Å². The normalized spacial score (nSPS) is 27.1. The van der Waals surface area contributed by atoms with Crippen LogP contribution in [-0.2, 0) is 10.2 Å². The molecule has 36 heavy (non-hydrogen) atoms. The van der Waals surface area contributed by atoms with Crippen LogP contribution in [0.3, 0.4) is 0 Å². The number of amides is 2. The van der Waals surface area contributed by atoms with Gasteiger partial charge in [0.2, 0.25) is 5.91 Å². The van der Waals surface area contributed by atoms with Crippen molar-refractivity contribution in [1.29, 1.82) is 0 Å². The van der Waals surface area contributed by atoms with Gasteiger partial charge in [0.1, 0.15) is 0 Å². The van der Waals surface area contributed by atoms with Crippen molar-refractivity contribution in [3.8, 4) is 0 Å². The van der Waals surface area contributed by atoms with Gasteiger partial charge in [-0.15, -0.1) is 0 Å². The van der Waals surface area contributed by atoms with E-state index in [-0.39, 0.29) is 22.6 Å². The van der Waals surface area contributed by atoms with Gasteiger partial charge in [-0.1, -0.05) is 45.0 Å². The third-order valence-corrected chi connectivity index (χ3v) is 8.62. The number of hydrogen-bond acceptors (Lipinski definition) is 3. The van der Waals surface area contributed by atoms with Crippen molar-refractivity contribution < 1.29 is 9.59 Å². The van der Waals surface area contributed by atoms with Crippen LogP contribution in [0.15, 0.2) is 53.6 Å². The lowest BCUT2D eigenvalue weighted by Crippen LogP contribution is -2.47. The maximum absolute atomic E-state index is 12.8. The maximum Gasteiger partial charge on any atom is 0.255 e. The molecule has 0 aromatic heterocycles. The minimum Gasteiger partial charge on any atom is -0.322 e. The summed E-state index contributed by atoms with van der Waals surface area (Å²) in [5.74, 6) is 2.44. The van der Waals surface area contributed by atoms with Crippen molar-refractivity contribution in [1.82, 2.24) is 5.43 Å². The quantitative estimate of drug-likeness (QED) is 0.354. The second-order valence-corrected chi connectivity index (χ2v) is 12.7. The van der Waals surface area contributed by atoms with Crippen LogP contribution in [0.5, 0.6) is 0 Å². The Morgan fingerprint density at radius 2 is 1.39 bits per heavy atom. The number of rotatable bonds is 6. The fourth-order valence-electron chi connectivity index (χ4n) is 7.22. The zero-order valence-electron chi connectivity index (χ0n) is 22.1. The highest BCUT2D eigenvalue weighted by molar-refractivity contribution is 6.05. The fraction of sp³-hybridized carbons (Fsp3) is 0.516. The summed E-state index contributed by atoms with van der Waals surface area (Å²) in [5, 5.41) is 7.34. The molecule has 5 heteroatoms. The zero-order chi connectivity index (χ0) is 25.5. The Hall–Kier alpha value is -2.95. The molecule has 4 aliphatic carbocycles. The molecule has 0 unspecified atom stereocenters. The van der Waals surface area contributed by atoms with Crippen LogP contribution in [-0.4, -0.2) is 17.5 Å². The molecule has 4 saturated carbocycles. The lowest BCUT2D eigenvalue weighted by molar-refractivity contribution is -0.129. The van der Waals surface area contributed by atoms with Crippen molar-refractivity contribution in [3.05, 3.63) is 65.2 Å². The van der Waals surface area contributed by atoms with Gasteiger partial charge in [-0.2, -0.15) is 5.10 Å². The van der Waals surface area contributed by atoms with Gasteiger partial charge < -0.3 is 5.32 Å². The third-order valence-electron chi connectivity index (χ3n) is 8.62. The first kappa shape index (κ1) is 24.7. The smallest absolute Gasteiger partial charge is 0.255 e. The summed E-state index contributed by atoms with van der Waals surface area (Å²) in [4.78, 5) is 25.4. The topological polar surface area (TPSA) is 70.6 Å². The molecular formula is C31H39N3O2. The van der Waals surface area contributed by atoms with E-state index in [1.807, 2.05) is 55.5 Å². The first-order chi connectivity index (χ1) is 17.1. The molecular weight excluding hydrogens is 446 g/mol. The molecule has 0 saturated heterocycles. The molecule has 2 aromatic carbocycles. The van der Waals surface area contributed by atoms with Crippen LogP contribution >= 0.6 is 0 Å². The molecule has 0 atom stereocenters. The molecule has 6 rings (SSSR count). The molecule has 4 fully saturated rings. The second kappa shape index (κ2) is 9.49. The molecule has 5 nitrogen and oxygen atoms in total. The first-order valence-corrected chi connectivity index (χ1v) is 13.4. The number of hydrazone groups is 1. The van der Waals surface area contributed by atoms with E-state index in [1.54, 1.807) is 0 Å². The largest absolute Gasteiger partial charge is 0.322 e. The van der Waals surface area contributed by atoms with E-state index in [1.165, 1.54) is 44.1 Å². The number of nitrogens with zero attached hydrogens (tertiary/aromatic N) is 1. The molecule has 0 aliphatic heterocycles. The van der Waals surface area contributed by atoms with Crippen LogP contribution in [0, 0.1) is 23.2 Å². The van der Waals surface area contributed by atoms with Crippen molar-refractivity contribution in [2.75, 3.05) is 5.32 Å². The Morgan fingerprint density at radius 1 is 0.861 bits per heavy atom. The van der Waals surface area contributed by atoms with Gasteiger partial charge in [-0.3, -0.25) is 9.59 Å². The molecule has 2 aromatic rings. The molecule has 190 valence electrons. The monoisotopic (exact) mass is 485 g/mol. The van der Waals surface area contributed by atoms with Crippen LogP contribution in [0.4, 0.5) is 5.69 Å². The van der Waals surface area contributed by atoms with E-state index in [4.69, 9.17) is 0 Å². The number of carbonyl (C=O) groups is 2. The number of nitrogens with one attached hydrogen (secondary N) is 2. The minimum atomic E-state index is -0.134. The average molecular weight is 486 g/mol. The Bertz CT molecular complexity index is 1120. The van der Waals surface area contributed by atoms with E-state index in [0.717, 1.165) is 34.7 Å². The lowest BCUT2D eigenvalue weighted by atomic mass is 9.49. The van der Waals surface area contributed by atoms with Gasteiger partial charge in [-0.05, 0) is 109 Å². The molecule has 4 aliphatic rings. The van der Waals surface area contributed by atoms with Gasteiger partial charge in [-0.25, -0.2) is 5.43 Å². The predicted octanol–water partition coefficient (Wildman–Crippen LogP) is 6.68. The number of carbonyl (C=O) groups excluding carboxylic acids is 2. The Morgan fingerprint density at radius 3 is 1.92 bits per heavy atom. The van der Waals surface area contributed by atoms with Crippen molar-refractivity contribution in [3.63, 3.8) is 0 Å². The highest BCUT2D eigenvalue weighted by Gasteiger charge is 2.51. The number of anilines is 1. The summed E-state index contributed by atoms with van der Waals surface area (Å²) in [7, 11) is 0. The van der Waals surface area contributed by atoms with Crippen LogP contribution in [0.1, 0.15) is 94.1 Å². The first-order valence-electron chi connectivity index (χ1n) is 13.4. The summed E-state index contributed by atoms with van der Waals surface area (Å²) in [6.07, 6.45) is 8.44. The Balaban J connectivity index is 1.15. The zero-order valence-corrected chi connectivity index (χ0v) is 22.1. The summed E-state index contributed by atoms with van der Waals surface area (Å²) >= 11 is 0. The number of hydrogen-bond donors (Lipinski definition) is 2. The molecule has 4 bridgehead atoms. The molecule has 2 amide bonds. The average Bonchev–Trinajstić information content (AvgIpc) is 2.81. The molecule has 0 heterocycles. The van der Waals surface area contributed by atoms with E-state index < -0.39 is 0 Å². The molecule has 0 spiro atoms. The highest BCUT2D eigenvalue weighted by atomic mass is 16.2. The third kappa shape index (κ3) is 5.40. The molecule has 2 N–H and O–H groups in total. The minimum absolute atomic E-state index is 0.0395. The van der Waals surface area contributed by atoms with Gasteiger partial charge in [0.15, 0.2) is 0 Å². The van der Waals surface area contributed by atoms with Crippen LogP contribution in [0.25, 0.3) is 0 Å². The van der Waals surface area contributed by atoms with Gasteiger partial charge in [0, 0.05) is 17.7 Å². The van der Waals surface area contributed by atoms with Gasteiger partial charge in [0.25, 0.3) is 5.91 Å². The summed E-state index contributed by atoms with van der Waals surface area (Å²) < 4.78 is 0.